The Balaban J connectivity index is 2.21. The Morgan fingerprint density at radius 1 is 1.35 bits per heavy atom. The summed E-state index contributed by atoms with van der Waals surface area (Å²) in [5.41, 5.74) is 9.54. The molecule has 1 saturated carbocycles. The molecule has 0 aliphatic heterocycles. The van der Waals surface area contributed by atoms with Gasteiger partial charge in [0.2, 0.25) is 0 Å². The van der Waals surface area contributed by atoms with Crippen molar-refractivity contribution < 1.29 is 4.42 Å². The summed E-state index contributed by atoms with van der Waals surface area (Å²) in [6.07, 6.45) is 2.57. The first-order valence-corrected chi connectivity index (χ1v) is 6.46. The van der Waals surface area contributed by atoms with Crippen molar-refractivity contribution in [3.8, 4) is 0 Å². The van der Waals surface area contributed by atoms with Crippen molar-refractivity contribution in [3.63, 3.8) is 0 Å². The van der Waals surface area contributed by atoms with E-state index in [0.29, 0.717) is 18.4 Å². The number of hydrogen-bond acceptors (Lipinski definition) is 2. The molecule has 1 aliphatic rings. The normalized spacial score (nSPS) is 16.0. The Morgan fingerprint density at radius 2 is 2.12 bits per heavy atom. The average molecular weight is 229 g/mol. The maximum Gasteiger partial charge on any atom is 0.134 e. The molecule has 2 nitrogen and oxygen atoms in total. The number of nitrogens with two attached hydrogens (primary N) is 1. The predicted molar refractivity (Wildman–Crippen MR) is 70.2 cm³/mol. The van der Waals surface area contributed by atoms with Crippen LogP contribution in [-0.4, -0.2) is 0 Å². The molecule has 1 aliphatic carbocycles. The van der Waals surface area contributed by atoms with Crippen LogP contribution in [0.5, 0.6) is 0 Å². The fourth-order valence-corrected chi connectivity index (χ4v) is 2.52. The van der Waals surface area contributed by atoms with E-state index in [0.717, 1.165) is 11.3 Å². The Bertz CT molecular complexity index is 549. The summed E-state index contributed by atoms with van der Waals surface area (Å²) in [5.74, 6) is 2.24. The first-order chi connectivity index (χ1) is 8.20. The maximum atomic E-state index is 5.86. The molecule has 0 radical (unpaired) electrons. The van der Waals surface area contributed by atoms with Gasteiger partial charge in [-0.3, -0.25) is 0 Å². The predicted octanol–water partition coefficient (Wildman–Crippen LogP) is 3.89. The van der Waals surface area contributed by atoms with E-state index in [4.69, 9.17) is 10.2 Å². The lowest BCUT2D eigenvalue weighted by atomic mass is 9.98. The van der Waals surface area contributed by atoms with Gasteiger partial charge < -0.3 is 10.2 Å². The molecule has 0 spiro atoms. The lowest BCUT2D eigenvalue weighted by molar-refractivity contribution is 0.545. The van der Waals surface area contributed by atoms with E-state index in [-0.39, 0.29) is 0 Å². The summed E-state index contributed by atoms with van der Waals surface area (Å²) in [7, 11) is 0. The van der Waals surface area contributed by atoms with Crippen LogP contribution in [0.4, 0.5) is 0 Å². The zero-order valence-electron chi connectivity index (χ0n) is 10.5. The number of furan rings is 1. The summed E-state index contributed by atoms with van der Waals surface area (Å²) < 4.78 is 5.86. The lowest BCUT2D eigenvalue weighted by Gasteiger charge is -2.05. The van der Waals surface area contributed by atoms with Gasteiger partial charge in [-0.25, -0.2) is 0 Å². The lowest BCUT2D eigenvalue weighted by Crippen LogP contribution is -1.97. The molecule has 1 heterocycles. The van der Waals surface area contributed by atoms with E-state index in [1.54, 1.807) is 0 Å². The molecule has 17 heavy (non-hydrogen) atoms. The van der Waals surface area contributed by atoms with E-state index < -0.39 is 0 Å². The highest BCUT2D eigenvalue weighted by molar-refractivity contribution is 5.84. The first kappa shape index (κ1) is 10.8. The van der Waals surface area contributed by atoms with Crippen LogP contribution in [0.3, 0.4) is 0 Å². The molecule has 0 atom stereocenters. The van der Waals surface area contributed by atoms with E-state index in [1.807, 2.05) is 0 Å². The number of fused-ring (bicyclic) bond motifs is 1. The standard InChI is InChI=1S/C15H19NO/c1-9(2)11-5-6-13-12(7-11)15(10-3-4-10)14(8-16)17-13/h5-7,9-10H,3-4,8,16H2,1-2H3. The van der Waals surface area contributed by atoms with E-state index in [9.17, 15) is 0 Å². The van der Waals surface area contributed by atoms with Crippen LogP contribution >= 0.6 is 0 Å². The molecule has 1 aromatic heterocycles. The van der Waals surface area contributed by atoms with Gasteiger partial charge in [0.15, 0.2) is 0 Å². The van der Waals surface area contributed by atoms with Gasteiger partial charge >= 0.3 is 0 Å². The van der Waals surface area contributed by atoms with Crippen molar-refractivity contribution in [2.45, 2.75) is 45.1 Å². The Hall–Kier alpha value is -1.28. The highest BCUT2D eigenvalue weighted by atomic mass is 16.3. The third kappa shape index (κ3) is 1.77. The molecule has 0 saturated heterocycles. The van der Waals surface area contributed by atoms with Crippen LogP contribution in [-0.2, 0) is 6.54 Å². The van der Waals surface area contributed by atoms with Gasteiger partial charge in [-0.05, 0) is 42.4 Å². The number of rotatable bonds is 3. The summed E-state index contributed by atoms with van der Waals surface area (Å²) in [4.78, 5) is 0. The van der Waals surface area contributed by atoms with Crippen LogP contribution < -0.4 is 5.73 Å². The van der Waals surface area contributed by atoms with Gasteiger partial charge in [-0.1, -0.05) is 19.9 Å². The van der Waals surface area contributed by atoms with Crippen molar-refractivity contribution in [2.24, 2.45) is 5.73 Å². The Morgan fingerprint density at radius 3 is 2.71 bits per heavy atom. The minimum Gasteiger partial charge on any atom is -0.459 e. The molecular weight excluding hydrogens is 210 g/mol. The average Bonchev–Trinajstić information content (AvgIpc) is 3.08. The third-order valence-corrected chi connectivity index (χ3v) is 3.67. The molecule has 0 amide bonds. The molecule has 2 heteroatoms. The molecule has 1 aromatic carbocycles. The van der Waals surface area contributed by atoms with Crippen molar-refractivity contribution in [3.05, 3.63) is 35.1 Å². The monoisotopic (exact) mass is 229 g/mol. The van der Waals surface area contributed by atoms with Gasteiger partial charge in [0.1, 0.15) is 11.3 Å². The van der Waals surface area contributed by atoms with Crippen LogP contribution in [0.15, 0.2) is 22.6 Å². The van der Waals surface area contributed by atoms with Crippen molar-refractivity contribution in [1.82, 2.24) is 0 Å². The molecule has 1 fully saturated rings. The molecule has 0 bridgehead atoms. The van der Waals surface area contributed by atoms with Crippen LogP contribution in [0.1, 0.15) is 55.4 Å². The maximum absolute atomic E-state index is 5.86. The van der Waals surface area contributed by atoms with Crippen LogP contribution in [0, 0.1) is 0 Å². The summed E-state index contributed by atoms with van der Waals surface area (Å²) in [6, 6.07) is 6.54. The summed E-state index contributed by atoms with van der Waals surface area (Å²) in [6.45, 7) is 4.96. The SMILES string of the molecule is CC(C)c1ccc2oc(CN)c(C3CC3)c2c1. The minimum absolute atomic E-state index is 0.511. The fraction of sp³-hybridized carbons (Fsp3) is 0.467. The highest BCUT2D eigenvalue weighted by Crippen LogP contribution is 2.46. The molecular formula is C15H19NO. The Labute approximate surface area is 102 Å². The summed E-state index contributed by atoms with van der Waals surface area (Å²) >= 11 is 0. The van der Waals surface area contributed by atoms with Crippen LogP contribution in [0.2, 0.25) is 0 Å². The zero-order chi connectivity index (χ0) is 12.0. The molecule has 2 aromatic rings. The smallest absolute Gasteiger partial charge is 0.134 e. The molecule has 90 valence electrons. The second-order valence-corrected chi connectivity index (χ2v) is 5.33. The first-order valence-electron chi connectivity index (χ1n) is 6.46. The van der Waals surface area contributed by atoms with Gasteiger partial charge in [0.25, 0.3) is 0 Å². The van der Waals surface area contributed by atoms with Crippen molar-refractivity contribution >= 4 is 11.0 Å². The van der Waals surface area contributed by atoms with Gasteiger partial charge in [0, 0.05) is 10.9 Å². The van der Waals surface area contributed by atoms with Crippen LogP contribution in [0.25, 0.3) is 11.0 Å². The highest BCUT2D eigenvalue weighted by Gasteiger charge is 2.30. The topological polar surface area (TPSA) is 39.2 Å². The quantitative estimate of drug-likeness (QED) is 0.867. The third-order valence-electron chi connectivity index (χ3n) is 3.67. The number of benzene rings is 1. The fourth-order valence-electron chi connectivity index (χ4n) is 2.52. The molecule has 0 unspecified atom stereocenters. The number of hydrogen-bond donors (Lipinski definition) is 1. The van der Waals surface area contributed by atoms with Gasteiger partial charge in [-0.2, -0.15) is 0 Å². The summed E-state index contributed by atoms with van der Waals surface area (Å²) in [5, 5.41) is 1.29. The minimum atomic E-state index is 0.511. The molecule has 3 rings (SSSR count). The van der Waals surface area contributed by atoms with Gasteiger partial charge in [-0.15, -0.1) is 0 Å². The van der Waals surface area contributed by atoms with Gasteiger partial charge in [0.05, 0.1) is 6.54 Å². The Kier molecular flexibility index (Phi) is 2.48. The van der Waals surface area contributed by atoms with E-state index in [2.05, 4.69) is 32.0 Å². The largest absolute Gasteiger partial charge is 0.459 e. The second kappa shape index (κ2) is 3.88. The van der Waals surface area contributed by atoms with Crippen molar-refractivity contribution in [1.29, 1.82) is 0 Å². The second-order valence-electron chi connectivity index (χ2n) is 5.33. The van der Waals surface area contributed by atoms with E-state index >= 15 is 0 Å². The molecule has 2 N–H and O–H groups in total. The van der Waals surface area contributed by atoms with Crippen molar-refractivity contribution in [2.75, 3.05) is 0 Å². The zero-order valence-corrected chi connectivity index (χ0v) is 10.5. The van der Waals surface area contributed by atoms with E-state index in [1.165, 1.54) is 29.4 Å².